The van der Waals surface area contributed by atoms with Gasteiger partial charge in [0.1, 0.15) is 0 Å². The molecule has 3 atom stereocenters. The highest BCUT2D eigenvalue weighted by molar-refractivity contribution is 6.52. The summed E-state index contributed by atoms with van der Waals surface area (Å²) in [5.41, 5.74) is 1.51. The van der Waals surface area contributed by atoms with Crippen molar-refractivity contribution in [3.05, 3.63) is 11.6 Å². The molecule has 0 aromatic heterocycles. The lowest BCUT2D eigenvalue weighted by molar-refractivity contribution is 0.137. The van der Waals surface area contributed by atoms with Crippen molar-refractivity contribution in [2.45, 2.75) is 38.5 Å². The molecule has 3 unspecified atom stereocenters. The molecule has 2 aliphatic rings. The van der Waals surface area contributed by atoms with Crippen LogP contribution in [-0.4, -0.2) is 27.2 Å². The molecule has 0 amide bonds. The number of ether oxygens (including phenoxy) is 1. The number of rotatable bonds is 3. The SMILES string of the molecule is COB1CC2C=C(C(C)OC)CC(C1)C2. The van der Waals surface area contributed by atoms with E-state index in [2.05, 4.69) is 13.0 Å². The van der Waals surface area contributed by atoms with Crippen LogP contribution < -0.4 is 0 Å². The van der Waals surface area contributed by atoms with Gasteiger partial charge in [-0.1, -0.05) is 6.08 Å². The van der Waals surface area contributed by atoms with E-state index < -0.39 is 0 Å². The molecule has 1 heterocycles. The Bertz CT molecular complexity index is 252. The molecule has 1 saturated heterocycles. The molecule has 0 radical (unpaired) electrons. The fourth-order valence-electron chi connectivity index (χ4n) is 3.08. The van der Waals surface area contributed by atoms with E-state index in [1.54, 1.807) is 7.11 Å². The van der Waals surface area contributed by atoms with Crippen molar-refractivity contribution >= 4 is 6.92 Å². The average molecular weight is 208 g/mol. The normalized spacial score (nSPS) is 32.5. The van der Waals surface area contributed by atoms with Gasteiger partial charge in [0.15, 0.2) is 0 Å². The highest BCUT2D eigenvalue weighted by Crippen LogP contribution is 2.40. The maximum atomic E-state index is 5.49. The fraction of sp³-hybridized carbons (Fsp3) is 0.833. The Morgan fingerprint density at radius 2 is 2.20 bits per heavy atom. The molecule has 2 bridgehead atoms. The Morgan fingerprint density at radius 3 is 2.80 bits per heavy atom. The first kappa shape index (κ1) is 11.2. The third-order valence-corrected chi connectivity index (χ3v) is 3.98. The molecule has 0 saturated carbocycles. The number of hydrogen-bond donors (Lipinski definition) is 0. The van der Waals surface area contributed by atoms with Crippen molar-refractivity contribution in [2.24, 2.45) is 11.8 Å². The standard InChI is InChI=1S/C12H21BO2/c1-9(14-2)12-5-10-4-11(6-12)8-13(7-10)15-3/h5,9-11H,4,6-8H2,1-3H3. The largest absolute Gasteiger partial charge is 0.438 e. The Balaban J connectivity index is 2.05. The van der Waals surface area contributed by atoms with Gasteiger partial charge in [-0.3, -0.25) is 0 Å². The van der Waals surface area contributed by atoms with Gasteiger partial charge >= 0.3 is 0 Å². The van der Waals surface area contributed by atoms with Crippen molar-refractivity contribution in [2.75, 3.05) is 14.2 Å². The predicted octanol–water partition coefficient (Wildman–Crippen LogP) is 2.63. The molecular weight excluding hydrogens is 187 g/mol. The molecule has 1 aliphatic heterocycles. The van der Waals surface area contributed by atoms with Crippen molar-refractivity contribution in [1.82, 2.24) is 0 Å². The highest BCUT2D eigenvalue weighted by Gasteiger charge is 2.35. The molecule has 2 nitrogen and oxygen atoms in total. The van der Waals surface area contributed by atoms with Crippen LogP contribution in [0.2, 0.25) is 12.6 Å². The first-order chi connectivity index (χ1) is 7.22. The Morgan fingerprint density at radius 1 is 1.40 bits per heavy atom. The van der Waals surface area contributed by atoms with Crippen LogP contribution in [0.1, 0.15) is 19.8 Å². The van der Waals surface area contributed by atoms with Crippen LogP contribution in [0.25, 0.3) is 0 Å². The van der Waals surface area contributed by atoms with Gasteiger partial charge in [-0.05, 0) is 49.8 Å². The lowest BCUT2D eigenvalue weighted by Crippen LogP contribution is -2.33. The molecule has 2 rings (SSSR count). The molecule has 0 aromatic rings. The van der Waals surface area contributed by atoms with Gasteiger partial charge in [0.05, 0.1) is 6.10 Å². The van der Waals surface area contributed by atoms with E-state index in [1.165, 1.54) is 31.1 Å². The molecule has 84 valence electrons. The van der Waals surface area contributed by atoms with Gasteiger partial charge in [0, 0.05) is 14.2 Å². The molecule has 15 heavy (non-hydrogen) atoms. The summed E-state index contributed by atoms with van der Waals surface area (Å²) in [7, 11) is 3.64. The van der Waals surface area contributed by atoms with Gasteiger partial charge in [-0.15, -0.1) is 0 Å². The molecule has 0 spiro atoms. The molecule has 0 N–H and O–H groups in total. The van der Waals surface area contributed by atoms with Crippen molar-refractivity contribution in [3.8, 4) is 0 Å². The number of methoxy groups -OCH3 is 1. The quantitative estimate of drug-likeness (QED) is 0.524. The van der Waals surface area contributed by atoms with Gasteiger partial charge in [-0.25, -0.2) is 0 Å². The number of allylic oxidation sites excluding steroid dienone is 1. The maximum Gasteiger partial charge on any atom is 0.293 e. The van der Waals surface area contributed by atoms with E-state index in [0.717, 1.165) is 11.8 Å². The smallest absolute Gasteiger partial charge is 0.293 e. The van der Waals surface area contributed by atoms with Crippen LogP contribution in [0.3, 0.4) is 0 Å². The zero-order chi connectivity index (χ0) is 10.8. The first-order valence-electron chi connectivity index (χ1n) is 5.99. The lowest BCUT2D eigenvalue weighted by atomic mass is 9.47. The van der Waals surface area contributed by atoms with Gasteiger partial charge in [-0.2, -0.15) is 0 Å². The topological polar surface area (TPSA) is 18.5 Å². The van der Waals surface area contributed by atoms with Gasteiger partial charge in [0.25, 0.3) is 6.92 Å². The third kappa shape index (κ3) is 2.45. The van der Waals surface area contributed by atoms with E-state index >= 15 is 0 Å². The second-order valence-corrected chi connectivity index (χ2v) is 5.01. The minimum atomic E-state index is 0.300. The summed E-state index contributed by atoms with van der Waals surface area (Å²) >= 11 is 0. The predicted molar refractivity (Wildman–Crippen MR) is 63.1 cm³/mol. The first-order valence-corrected chi connectivity index (χ1v) is 5.99. The van der Waals surface area contributed by atoms with Crippen LogP contribution >= 0.6 is 0 Å². The average Bonchev–Trinajstić information content (AvgIpc) is 2.26. The van der Waals surface area contributed by atoms with Crippen LogP contribution in [-0.2, 0) is 9.39 Å². The monoisotopic (exact) mass is 208 g/mol. The lowest BCUT2D eigenvalue weighted by Gasteiger charge is -2.37. The molecule has 1 aliphatic carbocycles. The van der Waals surface area contributed by atoms with Crippen LogP contribution in [0, 0.1) is 11.8 Å². The maximum absolute atomic E-state index is 5.49. The minimum Gasteiger partial charge on any atom is -0.438 e. The second-order valence-electron chi connectivity index (χ2n) is 5.01. The summed E-state index contributed by atoms with van der Waals surface area (Å²) in [5, 5.41) is 0. The number of fused-ring (bicyclic) bond motifs is 2. The third-order valence-electron chi connectivity index (χ3n) is 3.98. The molecular formula is C12H21BO2. The molecule has 0 aromatic carbocycles. The van der Waals surface area contributed by atoms with Crippen molar-refractivity contribution in [3.63, 3.8) is 0 Å². The Kier molecular flexibility index (Phi) is 3.52. The summed E-state index contributed by atoms with van der Waals surface area (Å²) in [5.74, 6) is 1.56. The van der Waals surface area contributed by atoms with Crippen LogP contribution in [0.15, 0.2) is 11.6 Å². The van der Waals surface area contributed by atoms with E-state index in [0.29, 0.717) is 13.0 Å². The van der Waals surface area contributed by atoms with Gasteiger partial charge in [0.2, 0.25) is 0 Å². The highest BCUT2D eigenvalue weighted by atomic mass is 16.5. The fourth-order valence-corrected chi connectivity index (χ4v) is 3.08. The summed E-state index contributed by atoms with van der Waals surface area (Å²) in [6, 6.07) is 0. The molecule has 1 fully saturated rings. The van der Waals surface area contributed by atoms with Crippen LogP contribution in [0.4, 0.5) is 0 Å². The zero-order valence-electron chi connectivity index (χ0n) is 10.0. The van der Waals surface area contributed by atoms with E-state index in [-0.39, 0.29) is 0 Å². The van der Waals surface area contributed by atoms with Crippen molar-refractivity contribution in [1.29, 1.82) is 0 Å². The zero-order valence-corrected chi connectivity index (χ0v) is 10.0. The summed E-state index contributed by atoms with van der Waals surface area (Å²) in [4.78, 5) is 0. The summed E-state index contributed by atoms with van der Waals surface area (Å²) in [6.07, 6.45) is 7.75. The minimum absolute atomic E-state index is 0.300. The second kappa shape index (κ2) is 4.71. The molecule has 3 heteroatoms. The van der Waals surface area contributed by atoms with Gasteiger partial charge < -0.3 is 9.39 Å². The summed E-state index contributed by atoms with van der Waals surface area (Å²) < 4.78 is 10.9. The summed E-state index contributed by atoms with van der Waals surface area (Å²) in [6.45, 7) is 2.64. The van der Waals surface area contributed by atoms with Crippen molar-refractivity contribution < 1.29 is 9.39 Å². The van der Waals surface area contributed by atoms with Crippen LogP contribution in [0.5, 0.6) is 0 Å². The van der Waals surface area contributed by atoms with E-state index in [4.69, 9.17) is 9.39 Å². The Hall–Kier alpha value is -0.275. The Labute approximate surface area is 93.1 Å². The van der Waals surface area contributed by atoms with E-state index in [9.17, 15) is 0 Å². The van der Waals surface area contributed by atoms with E-state index in [1.807, 2.05) is 7.11 Å². The number of hydrogen-bond acceptors (Lipinski definition) is 2.